The van der Waals surface area contributed by atoms with Gasteiger partial charge in [0.05, 0.1) is 5.92 Å². The second-order valence-electron chi connectivity index (χ2n) is 4.40. The van der Waals surface area contributed by atoms with Gasteiger partial charge in [0.25, 0.3) is 0 Å². The first-order valence-electron chi connectivity index (χ1n) is 5.62. The molecule has 0 saturated heterocycles. The summed E-state index contributed by atoms with van der Waals surface area (Å²) in [5.74, 6) is -0.737. The Bertz CT molecular complexity index is 194. The fourth-order valence-electron chi connectivity index (χ4n) is 2.28. The molecule has 0 radical (unpaired) electrons. The van der Waals surface area contributed by atoms with Crippen molar-refractivity contribution in [3.8, 4) is 0 Å². The predicted octanol–water partition coefficient (Wildman–Crippen LogP) is 2.02. The van der Waals surface area contributed by atoms with Crippen LogP contribution in [-0.2, 0) is 4.79 Å². The molecule has 1 aliphatic carbocycles. The van der Waals surface area contributed by atoms with E-state index >= 15 is 0 Å². The van der Waals surface area contributed by atoms with Gasteiger partial charge in [0.2, 0.25) is 0 Å². The minimum atomic E-state index is -0.627. The zero-order chi connectivity index (χ0) is 10.6. The minimum absolute atomic E-state index is 0.110. The van der Waals surface area contributed by atoms with Gasteiger partial charge in [0.1, 0.15) is 0 Å². The third-order valence-corrected chi connectivity index (χ3v) is 3.02. The van der Waals surface area contributed by atoms with E-state index in [-0.39, 0.29) is 5.92 Å². The molecule has 1 aliphatic rings. The quantitative estimate of drug-likeness (QED) is 0.712. The zero-order valence-corrected chi connectivity index (χ0v) is 9.12. The van der Waals surface area contributed by atoms with Crippen molar-refractivity contribution in [1.29, 1.82) is 0 Å². The van der Waals surface area contributed by atoms with E-state index in [0.29, 0.717) is 12.1 Å². The van der Waals surface area contributed by atoms with Crippen LogP contribution in [0.1, 0.15) is 46.0 Å². The Morgan fingerprint density at radius 2 is 2.29 bits per heavy atom. The SMILES string of the molecule is CCCC(C)NC1CCC(C(=O)O)C1. The van der Waals surface area contributed by atoms with Crippen molar-refractivity contribution in [2.75, 3.05) is 0 Å². The molecule has 1 saturated carbocycles. The molecule has 0 spiro atoms. The third kappa shape index (κ3) is 3.29. The van der Waals surface area contributed by atoms with E-state index in [1.54, 1.807) is 0 Å². The zero-order valence-electron chi connectivity index (χ0n) is 9.12. The molecule has 82 valence electrons. The Morgan fingerprint density at radius 1 is 1.57 bits per heavy atom. The standard InChI is InChI=1S/C11H21NO2/c1-3-4-8(2)12-10-6-5-9(7-10)11(13)14/h8-10,12H,3-7H2,1-2H3,(H,13,14). The first kappa shape index (κ1) is 11.5. The summed E-state index contributed by atoms with van der Waals surface area (Å²) in [7, 11) is 0. The van der Waals surface area contributed by atoms with Gasteiger partial charge in [-0.15, -0.1) is 0 Å². The van der Waals surface area contributed by atoms with Crippen LogP contribution in [0.5, 0.6) is 0 Å². The monoisotopic (exact) mass is 199 g/mol. The molecule has 0 aromatic carbocycles. The second-order valence-corrected chi connectivity index (χ2v) is 4.40. The van der Waals surface area contributed by atoms with Crippen LogP contribution in [0.4, 0.5) is 0 Å². The first-order valence-corrected chi connectivity index (χ1v) is 5.62. The average Bonchev–Trinajstić information content (AvgIpc) is 2.53. The maximum absolute atomic E-state index is 10.7. The van der Waals surface area contributed by atoms with Crippen LogP contribution in [0.25, 0.3) is 0 Å². The lowest BCUT2D eigenvalue weighted by Gasteiger charge is -2.18. The van der Waals surface area contributed by atoms with E-state index in [4.69, 9.17) is 5.11 Å². The molecule has 1 fully saturated rings. The number of carboxylic acid groups (broad SMARTS) is 1. The topological polar surface area (TPSA) is 49.3 Å². The Kier molecular flexibility index (Phi) is 4.39. The van der Waals surface area contributed by atoms with Gasteiger partial charge in [-0.25, -0.2) is 0 Å². The molecule has 3 atom stereocenters. The highest BCUT2D eigenvalue weighted by Crippen LogP contribution is 2.26. The van der Waals surface area contributed by atoms with Gasteiger partial charge in [-0.3, -0.25) is 4.79 Å². The normalized spacial score (nSPS) is 29.0. The van der Waals surface area contributed by atoms with Crippen molar-refractivity contribution in [1.82, 2.24) is 5.32 Å². The number of hydrogen-bond donors (Lipinski definition) is 2. The lowest BCUT2D eigenvalue weighted by atomic mass is 10.1. The third-order valence-electron chi connectivity index (χ3n) is 3.02. The molecule has 3 unspecified atom stereocenters. The van der Waals surface area contributed by atoms with Gasteiger partial charge in [0.15, 0.2) is 0 Å². The van der Waals surface area contributed by atoms with Crippen LogP contribution in [0.3, 0.4) is 0 Å². The van der Waals surface area contributed by atoms with Crippen LogP contribution in [0.2, 0.25) is 0 Å². The molecule has 0 aliphatic heterocycles. The summed E-state index contributed by atoms with van der Waals surface area (Å²) in [5, 5.41) is 12.3. The molecule has 1 rings (SSSR count). The van der Waals surface area contributed by atoms with E-state index in [2.05, 4.69) is 19.2 Å². The molecule has 0 aromatic heterocycles. The minimum Gasteiger partial charge on any atom is -0.481 e. The summed E-state index contributed by atoms with van der Waals surface area (Å²) >= 11 is 0. The maximum atomic E-state index is 10.7. The maximum Gasteiger partial charge on any atom is 0.306 e. The highest BCUT2D eigenvalue weighted by atomic mass is 16.4. The Labute approximate surface area is 85.9 Å². The first-order chi connectivity index (χ1) is 6.63. The number of aliphatic carboxylic acids is 1. The summed E-state index contributed by atoms with van der Waals surface area (Å²) in [4.78, 5) is 10.7. The molecular weight excluding hydrogens is 178 g/mol. The van der Waals surface area contributed by atoms with Crippen molar-refractivity contribution < 1.29 is 9.90 Å². The van der Waals surface area contributed by atoms with E-state index in [1.807, 2.05) is 0 Å². The fourth-order valence-corrected chi connectivity index (χ4v) is 2.28. The van der Waals surface area contributed by atoms with Crippen molar-refractivity contribution in [3.63, 3.8) is 0 Å². The molecule has 14 heavy (non-hydrogen) atoms. The van der Waals surface area contributed by atoms with Gasteiger partial charge < -0.3 is 10.4 Å². The highest BCUT2D eigenvalue weighted by Gasteiger charge is 2.29. The molecule has 0 heterocycles. The van der Waals surface area contributed by atoms with E-state index in [1.165, 1.54) is 12.8 Å². The van der Waals surface area contributed by atoms with Crippen LogP contribution in [0, 0.1) is 5.92 Å². The Balaban J connectivity index is 2.25. The molecular formula is C11H21NO2. The molecule has 0 bridgehead atoms. The van der Waals surface area contributed by atoms with Crippen molar-refractivity contribution in [2.24, 2.45) is 5.92 Å². The number of rotatable bonds is 5. The Morgan fingerprint density at radius 3 is 2.79 bits per heavy atom. The van der Waals surface area contributed by atoms with E-state index in [0.717, 1.165) is 19.3 Å². The van der Waals surface area contributed by atoms with Crippen molar-refractivity contribution in [2.45, 2.75) is 58.0 Å². The van der Waals surface area contributed by atoms with Gasteiger partial charge in [-0.05, 0) is 32.6 Å². The predicted molar refractivity (Wildman–Crippen MR) is 56.3 cm³/mol. The fraction of sp³-hybridized carbons (Fsp3) is 0.909. The molecule has 3 heteroatoms. The van der Waals surface area contributed by atoms with Crippen LogP contribution < -0.4 is 5.32 Å². The molecule has 0 amide bonds. The lowest BCUT2D eigenvalue weighted by Crippen LogP contribution is -2.35. The van der Waals surface area contributed by atoms with Gasteiger partial charge in [0, 0.05) is 12.1 Å². The summed E-state index contributed by atoms with van der Waals surface area (Å²) in [6.45, 7) is 4.35. The summed E-state index contributed by atoms with van der Waals surface area (Å²) < 4.78 is 0. The smallest absolute Gasteiger partial charge is 0.306 e. The molecule has 2 N–H and O–H groups in total. The molecule has 3 nitrogen and oxygen atoms in total. The van der Waals surface area contributed by atoms with Gasteiger partial charge >= 0.3 is 5.97 Å². The second kappa shape index (κ2) is 5.35. The van der Waals surface area contributed by atoms with Gasteiger partial charge in [-0.1, -0.05) is 13.3 Å². The van der Waals surface area contributed by atoms with Crippen LogP contribution >= 0.6 is 0 Å². The highest BCUT2D eigenvalue weighted by molar-refractivity contribution is 5.70. The van der Waals surface area contributed by atoms with E-state index < -0.39 is 5.97 Å². The van der Waals surface area contributed by atoms with E-state index in [9.17, 15) is 4.79 Å². The average molecular weight is 199 g/mol. The summed E-state index contributed by atoms with van der Waals surface area (Å²) in [6.07, 6.45) is 5.03. The van der Waals surface area contributed by atoms with Crippen LogP contribution in [0.15, 0.2) is 0 Å². The number of nitrogens with one attached hydrogen (secondary N) is 1. The summed E-state index contributed by atoms with van der Waals surface area (Å²) in [6, 6.07) is 0.954. The van der Waals surface area contributed by atoms with Gasteiger partial charge in [-0.2, -0.15) is 0 Å². The van der Waals surface area contributed by atoms with Crippen LogP contribution in [-0.4, -0.2) is 23.2 Å². The summed E-state index contributed by atoms with van der Waals surface area (Å²) in [5.41, 5.74) is 0. The lowest BCUT2D eigenvalue weighted by molar-refractivity contribution is -0.141. The largest absolute Gasteiger partial charge is 0.481 e. The molecule has 0 aromatic rings. The number of hydrogen-bond acceptors (Lipinski definition) is 2. The number of carbonyl (C=O) groups is 1. The number of carboxylic acids is 1. The van der Waals surface area contributed by atoms with Crippen molar-refractivity contribution >= 4 is 5.97 Å². The Hall–Kier alpha value is -0.570. The van der Waals surface area contributed by atoms with Crippen molar-refractivity contribution in [3.05, 3.63) is 0 Å².